The first kappa shape index (κ1) is 11.1. The lowest BCUT2D eigenvalue weighted by Crippen LogP contribution is -2.34. The number of amides is 1. The number of carbonyl (C=O) groups excluding carboxylic acids is 1. The first-order valence-electron chi connectivity index (χ1n) is 5.67. The summed E-state index contributed by atoms with van der Waals surface area (Å²) in [6.07, 6.45) is 2.49. The molecule has 0 saturated carbocycles. The molecule has 1 aliphatic carbocycles. The Morgan fingerprint density at radius 2 is 2.06 bits per heavy atom. The largest absolute Gasteiger partial charge is 0.384 e. The number of rotatable bonds is 2. The van der Waals surface area contributed by atoms with Crippen LogP contribution in [0.25, 0.3) is 0 Å². The Balaban J connectivity index is 2.24. The number of anilines is 1. The minimum atomic E-state index is -0.946. The van der Waals surface area contributed by atoms with Gasteiger partial charge >= 0.3 is 0 Å². The highest BCUT2D eigenvalue weighted by atomic mass is 16.3. The van der Waals surface area contributed by atoms with Gasteiger partial charge in [0.15, 0.2) is 0 Å². The van der Waals surface area contributed by atoms with E-state index < -0.39 is 6.10 Å². The van der Waals surface area contributed by atoms with Gasteiger partial charge in [-0.3, -0.25) is 4.79 Å². The number of aliphatic hydroxyl groups is 1. The van der Waals surface area contributed by atoms with Crippen molar-refractivity contribution in [1.29, 1.82) is 0 Å². The molecular formula is C13H17NO2. The molecule has 2 rings (SSSR count). The van der Waals surface area contributed by atoms with Gasteiger partial charge in [0.1, 0.15) is 6.10 Å². The maximum Gasteiger partial charge on any atom is 0.255 e. The first-order valence-corrected chi connectivity index (χ1v) is 5.67. The Morgan fingerprint density at radius 1 is 1.38 bits per heavy atom. The van der Waals surface area contributed by atoms with Crippen molar-refractivity contribution < 1.29 is 9.90 Å². The van der Waals surface area contributed by atoms with Gasteiger partial charge in [0, 0.05) is 12.7 Å². The number of likely N-dealkylation sites (N-methyl/N-ethyl adjacent to an activating group) is 1. The van der Waals surface area contributed by atoms with E-state index in [2.05, 4.69) is 12.1 Å². The second-order valence-corrected chi connectivity index (χ2v) is 4.38. The molecule has 0 heterocycles. The number of aliphatic hydroxyl groups excluding tert-OH is 1. The summed E-state index contributed by atoms with van der Waals surface area (Å²) in [6, 6.07) is 6.09. The van der Waals surface area contributed by atoms with Gasteiger partial charge in [-0.1, -0.05) is 6.07 Å². The van der Waals surface area contributed by atoms with E-state index in [9.17, 15) is 9.90 Å². The van der Waals surface area contributed by atoms with Crippen LogP contribution >= 0.6 is 0 Å². The van der Waals surface area contributed by atoms with Gasteiger partial charge in [-0.2, -0.15) is 0 Å². The van der Waals surface area contributed by atoms with Crippen LogP contribution < -0.4 is 4.90 Å². The Hall–Kier alpha value is -1.35. The molecule has 1 atom stereocenters. The minimum absolute atomic E-state index is 0.266. The third-order valence-electron chi connectivity index (χ3n) is 3.16. The summed E-state index contributed by atoms with van der Waals surface area (Å²) in [5, 5.41) is 9.25. The van der Waals surface area contributed by atoms with Crippen molar-refractivity contribution in [2.24, 2.45) is 0 Å². The van der Waals surface area contributed by atoms with Crippen LogP contribution in [-0.2, 0) is 17.6 Å². The van der Waals surface area contributed by atoms with E-state index >= 15 is 0 Å². The van der Waals surface area contributed by atoms with Gasteiger partial charge < -0.3 is 10.0 Å². The van der Waals surface area contributed by atoms with E-state index in [-0.39, 0.29) is 5.91 Å². The Morgan fingerprint density at radius 3 is 2.75 bits per heavy atom. The monoisotopic (exact) mass is 219 g/mol. The topological polar surface area (TPSA) is 40.5 Å². The van der Waals surface area contributed by atoms with Crippen molar-refractivity contribution in [3.8, 4) is 0 Å². The summed E-state index contributed by atoms with van der Waals surface area (Å²) in [4.78, 5) is 13.1. The summed E-state index contributed by atoms with van der Waals surface area (Å²) in [5.41, 5.74) is 3.59. The zero-order valence-electron chi connectivity index (χ0n) is 9.73. The van der Waals surface area contributed by atoms with Crippen LogP contribution in [-0.4, -0.2) is 24.2 Å². The Bertz CT molecular complexity index is 412. The maximum absolute atomic E-state index is 11.6. The molecule has 1 N–H and O–H groups in total. The number of aryl methyl sites for hydroxylation is 2. The predicted molar refractivity (Wildman–Crippen MR) is 63.6 cm³/mol. The second kappa shape index (κ2) is 4.26. The molecule has 1 unspecified atom stereocenters. The highest BCUT2D eigenvalue weighted by Crippen LogP contribution is 2.26. The standard InChI is InChI=1S/C13H17NO2/c1-9(15)13(16)14(2)12-7-6-10-4-3-5-11(10)8-12/h6-9,15H,3-5H2,1-2H3. The summed E-state index contributed by atoms with van der Waals surface area (Å²) in [5.74, 6) is -0.266. The molecule has 0 saturated heterocycles. The average molecular weight is 219 g/mol. The summed E-state index contributed by atoms with van der Waals surface area (Å²) < 4.78 is 0. The number of carbonyl (C=O) groups is 1. The zero-order chi connectivity index (χ0) is 11.7. The molecule has 3 nitrogen and oxygen atoms in total. The molecule has 16 heavy (non-hydrogen) atoms. The highest BCUT2D eigenvalue weighted by Gasteiger charge is 2.18. The lowest BCUT2D eigenvalue weighted by molar-refractivity contribution is -0.125. The number of fused-ring (bicyclic) bond motifs is 1. The molecule has 1 aromatic carbocycles. The lowest BCUT2D eigenvalue weighted by Gasteiger charge is -2.19. The molecule has 1 amide bonds. The van der Waals surface area contributed by atoms with Crippen molar-refractivity contribution in [2.45, 2.75) is 32.3 Å². The van der Waals surface area contributed by atoms with E-state index in [1.165, 1.54) is 29.4 Å². The SMILES string of the molecule is CC(O)C(=O)N(C)c1ccc2c(c1)CCC2. The summed E-state index contributed by atoms with van der Waals surface area (Å²) in [7, 11) is 1.70. The van der Waals surface area contributed by atoms with Crippen LogP contribution in [0, 0.1) is 0 Å². The van der Waals surface area contributed by atoms with E-state index in [1.54, 1.807) is 7.05 Å². The fourth-order valence-corrected chi connectivity index (χ4v) is 2.17. The smallest absolute Gasteiger partial charge is 0.255 e. The van der Waals surface area contributed by atoms with Gasteiger partial charge in [0.25, 0.3) is 5.91 Å². The van der Waals surface area contributed by atoms with Crippen LogP contribution in [0.5, 0.6) is 0 Å². The third kappa shape index (κ3) is 1.95. The predicted octanol–water partition coefficient (Wildman–Crippen LogP) is 1.52. The Kier molecular flexibility index (Phi) is 2.97. The number of hydrogen-bond donors (Lipinski definition) is 1. The number of benzene rings is 1. The number of nitrogens with zero attached hydrogens (tertiary/aromatic N) is 1. The van der Waals surface area contributed by atoms with Crippen LogP contribution in [0.4, 0.5) is 5.69 Å². The molecule has 1 aromatic rings. The van der Waals surface area contributed by atoms with Gasteiger partial charge in [-0.25, -0.2) is 0 Å². The van der Waals surface area contributed by atoms with E-state index in [0.29, 0.717) is 0 Å². The van der Waals surface area contributed by atoms with Crippen molar-refractivity contribution in [1.82, 2.24) is 0 Å². The van der Waals surface area contributed by atoms with Crippen LogP contribution in [0.1, 0.15) is 24.5 Å². The van der Waals surface area contributed by atoms with Crippen molar-refractivity contribution in [3.63, 3.8) is 0 Å². The Labute approximate surface area is 95.7 Å². The molecule has 0 fully saturated rings. The molecule has 0 aliphatic heterocycles. The van der Waals surface area contributed by atoms with Crippen LogP contribution in [0.15, 0.2) is 18.2 Å². The molecule has 0 aromatic heterocycles. The first-order chi connectivity index (χ1) is 7.59. The molecule has 86 valence electrons. The number of hydrogen-bond acceptors (Lipinski definition) is 2. The average Bonchev–Trinajstić information content (AvgIpc) is 2.73. The van der Waals surface area contributed by atoms with Gasteiger partial charge in [0.05, 0.1) is 0 Å². The molecule has 0 radical (unpaired) electrons. The van der Waals surface area contributed by atoms with E-state index in [4.69, 9.17) is 0 Å². The maximum atomic E-state index is 11.6. The summed E-state index contributed by atoms with van der Waals surface area (Å²) in [6.45, 7) is 1.49. The van der Waals surface area contributed by atoms with Gasteiger partial charge in [-0.05, 0) is 49.4 Å². The molecular weight excluding hydrogens is 202 g/mol. The summed E-state index contributed by atoms with van der Waals surface area (Å²) >= 11 is 0. The van der Waals surface area contributed by atoms with Crippen LogP contribution in [0.2, 0.25) is 0 Å². The molecule has 1 aliphatic rings. The third-order valence-corrected chi connectivity index (χ3v) is 3.16. The second-order valence-electron chi connectivity index (χ2n) is 4.38. The molecule has 0 spiro atoms. The van der Waals surface area contributed by atoms with Crippen LogP contribution in [0.3, 0.4) is 0 Å². The highest BCUT2D eigenvalue weighted by molar-refractivity contribution is 5.95. The zero-order valence-corrected chi connectivity index (χ0v) is 9.73. The van der Waals surface area contributed by atoms with Gasteiger partial charge in [-0.15, -0.1) is 0 Å². The van der Waals surface area contributed by atoms with Crippen molar-refractivity contribution in [2.75, 3.05) is 11.9 Å². The van der Waals surface area contributed by atoms with Gasteiger partial charge in [0.2, 0.25) is 0 Å². The molecule has 3 heteroatoms. The fraction of sp³-hybridized carbons (Fsp3) is 0.462. The van der Waals surface area contributed by atoms with E-state index in [1.807, 2.05) is 6.07 Å². The lowest BCUT2D eigenvalue weighted by atomic mass is 10.1. The quantitative estimate of drug-likeness (QED) is 0.819. The van der Waals surface area contributed by atoms with Crippen molar-refractivity contribution in [3.05, 3.63) is 29.3 Å². The molecule has 0 bridgehead atoms. The van der Waals surface area contributed by atoms with E-state index in [0.717, 1.165) is 18.5 Å². The van der Waals surface area contributed by atoms with Crippen molar-refractivity contribution >= 4 is 11.6 Å². The fourth-order valence-electron chi connectivity index (χ4n) is 2.17. The minimum Gasteiger partial charge on any atom is -0.384 e. The normalized spacial score (nSPS) is 15.7.